The molecule has 1 aliphatic heterocycles. The summed E-state index contributed by atoms with van der Waals surface area (Å²) in [6, 6.07) is 6.36. The third kappa shape index (κ3) is 2.22. The van der Waals surface area contributed by atoms with Crippen LogP contribution in [0.3, 0.4) is 0 Å². The molecule has 1 aromatic rings. The number of nitrogens with zero attached hydrogens (tertiary/aromatic N) is 1. The molecule has 1 atom stereocenters. The Balaban J connectivity index is 2.37. The molecule has 5 heteroatoms. The molecule has 2 rings (SSSR count). The highest BCUT2D eigenvalue weighted by atomic mass is 16.4. The number of ketones is 1. The topological polar surface area (TPSA) is 77.8 Å². The third-order valence-corrected chi connectivity index (χ3v) is 3.15. The first kappa shape index (κ1) is 12.6. The van der Waals surface area contributed by atoms with Crippen molar-refractivity contribution in [1.82, 2.24) is 0 Å². The van der Waals surface area contributed by atoms with E-state index in [1.165, 1.54) is 4.90 Å². The van der Waals surface area contributed by atoms with Gasteiger partial charge >= 0.3 is 6.09 Å². The molecule has 1 aliphatic rings. The number of hydrogen-bond acceptors (Lipinski definition) is 3. The summed E-state index contributed by atoms with van der Waals surface area (Å²) in [5, 5.41) is 18.1. The quantitative estimate of drug-likeness (QED) is 0.857. The third-order valence-electron chi connectivity index (χ3n) is 3.15. The van der Waals surface area contributed by atoms with Gasteiger partial charge in [0.05, 0.1) is 5.69 Å². The number of carboxylic acid groups (broad SMARTS) is 1. The summed E-state index contributed by atoms with van der Waals surface area (Å²) in [5.74, 6) is -0.0361. The number of carbonyl (C=O) groups excluding carboxylic acids is 1. The number of aliphatic hydroxyl groups excluding tert-OH is 1. The van der Waals surface area contributed by atoms with E-state index in [-0.39, 0.29) is 24.9 Å². The van der Waals surface area contributed by atoms with Gasteiger partial charge in [-0.2, -0.15) is 0 Å². The molecule has 1 aromatic carbocycles. The standard InChI is InChI=1S/C13H15NO4/c15-7-3-4-9-8-12(16)10-5-1-2-6-11(10)14(9)13(17)18/h1-2,5-6,9,15H,3-4,7-8H2,(H,17,18). The van der Waals surface area contributed by atoms with Crippen molar-refractivity contribution in [2.75, 3.05) is 11.5 Å². The van der Waals surface area contributed by atoms with E-state index in [0.29, 0.717) is 24.1 Å². The van der Waals surface area contributed by atoms with Crippen molar-refractivity contribution in [3.63, 3.8) is 0 Å². The molecule has 0 saturated heterocycles. The number of para-hydroxylation sites is 1. The minimum atomic E-state index is -1.06. The van der Waals surface area contributed by atoms with Crippen molar-refractivity contribution in [1.29, 1.82) is 0 Å². The maximum absolute atomic E-state index is 11.9. The Morgan fingerprint density at radius 2 is 2.11 bits per heavy atom. The lowest BCUT2D eigenvalue weighted by Gasteiger charge is -2.34. The van der Waals surface area contributed by atoms with E-state index in [0.717, 1.165) is 0 Å². The lowest BCUT2D eigenvalue weighted by atomic mass is 9.92. The summed E-state index contributed by atoms with van der Waals surface area (Å²) < 4.78 is 0. The highest BCUT2D eigenvalue weighted by Crippen LogP contribution is 2.32. The first-order valence-corrected chi connectivity index (χ1v) is 5.90. The number of rotatable bonds is 3. The Kier molecular flexibility index (Phi) is 3.62. The van der Waals surface area contributed by atoms with Crippen LogP contribution in [-0.4, -0.2) is 34.7 Å². The highest BCUT2D eigenvalue weighted by molar-refractivity contribution is 6.07. The second-order valence-corrected chi connectivity index (χ2v) is 4.32. The van der Waals surface area contributed by atoms with Gasteiger partial charge in [0.25, 0.3) is 0 Å². The minimum Gasteiger partial charge on any atom is -0.465 e. The molecule has 0 fully saturated rings. The van der Waals surface area contributed by atoms with E-state index in [1.54, 1.807) is 24.3 Å². The van der Waals surface area contributed by atoms with Gasteiger partial charge in [-0.25, -0.2) is 4.79 Å². The van der Waals surface area contributed by atoms with Crippen molar-refractivity contribution < 1.29 is 19.8 Å². The summed E-state index contributed by atoms with van der Waals surface area (Å²) in [5.41, 5.74) is 0.907. The SMILES string of the molecule is O=C1CC(CCCO)N(C(=O)O)c2ccccc21. The van der Waals surface area contributed by atoms with Crippen molar-refractivity contribution >= 4 is 17.6 Å². The van der Waals surface area contributed by atoms with Crippen LogP contribution < -0.4 is 4.90 Å². The average Bonchev–Trinajstić information content (AvgIpc) is 2.36. The zero-order chi connectivity index (χ0) is 13.1. The van der Waals surface area contributed by atoms with Crippen LogP contribution in [0.4, 0.5) is 10.5 Å². The molecular formula is C13H15NO4. The van der Waals surface area contributed by atoms with Crippen molar-refractivity contribution in [2.24, 2.45) is 0 Å². The summed E-state index contributed by atoms with van der Waals surface area (Å²) in [6.07, 6.45) is 0.105. The van der Waals surface area contributed by atoms with Gasteiger partial charge in [-0.15, -0.1) is 0 Å². The van der Waals surface area contributed by atoms with Crippen molar-refractivity contribution in [3.8, 4) is 0 Å². The monoisotopic (exact) mass is 249 g/mol. The number of anilines is 1. The number of carbonyl (C=O) groups is 2. The van der Waals surface area contributed by atoms with Gasteiger partial charge in [-0.3, -0.25) is 9.69 Å². The molecule has 2 N–H and O–H groups in total. The maximum atomic E-state index is 11.9. The molecule has 0 saturated carbocycles. The van der Waals surface area contributed by atoms with E-state index in [1.807, 2.05) is 0 Å². The fourth-order valence-corrected chi connectivity index (χ4v) is 2.35. The van der Waals surface area contributed by atoms with Gasteiger partial charge < -0.3 is 10.2 Å². The van der Waals surface area contributed by atoms with Gasteiger partial charge in [0, 0.05) is 24.6 Å². The Morgan fingerprint density at radius 3 is 2.78 bits per heavy atom. The molecule has 1 heterocycles. The second-order valence-electron chi connectivity index (χ2n) is 4.32. The number of aliphatic hydroxyl groups is 1. The van der Waals surface area contributed by atoms with Gasteiger partial charge in [-0.05, 0) is 25.0 Å². The Labute approximate surface area is 105 Å². The minimum absolute atomic E-state index is 0.000202. The summed E-state index contributed by atoms with van der Waals surface area (Å²) >= 11 is 0. The van der Waals surface area contributed by atoms with Crippen molar-refractivity contribution in [2.45, 2.75) is 25.3 Å². The molecule has 5 nitrogen and oxygen atoms in total. The largest absolute Gasteiger partial charge is 0.465 e. The number of fused-ring (bicyclic) bond motifs is 1. The smallest absolute Gasteiger partial charge is 0.412 e. The zero-order valence-corrected chi connectivity index (χ0v) is 9.87. The van der Waals surface area contributed by atoms with Crippen LogP contribution >= 0.6 is 0 Å². The first-order valence-electron chi connectivity index (χ1n) is 5.90. The van der Waals surface area contributed by atoms with E-state index < -0.39 is 6.09 Å². The molecule has 0 radical (unpaired) electrons. The maximum Gasteiger partial charge on any atom is 0.412 e. The zero-order valence-electron chi connectivity index (χ0n) is 9.87. The Hall–Kier alpha value is -1.88. The summed E-state index contributed by atoms with van der Waals surface area (Å²) in [7, 11) is 0. The van der Waals surface area contributed by atoms with E-state index in [2.05, 4.69) is 0 Å². The fourth-order valence-electron chi connectivity index (χ4n) is 2.35. The number of hydrogen-bond donors (Lipinski definition) is 2. The van der Waals surface area contributed by atoms with E-state index in [4.69, 9.17) is 5.11 Å². The van der Waals surface area contributed by atoms with Gasteiger partial charge in [0.1, 0.15) is 0 Å². The van der Waals surface area contributed by atoms with Crippen LogP contribution in [0.2, 0.25) is 0 Å². The van der Waals surface area contributed by atoms with Crippen LogP contribution in [0.15, 0.2) is 24.3 Å². The predicted octanol–water partition coefficient (Wildman–Crippen LogP) is 1.90. The summed E-state index contributed by atoms with van der Waals surface area (Å²) in [6.45, 7) is -0.000202. The number of Topliss-reactive ketones (excluding diaryl/α,β-unsaturated/α-hetero) is 1. The molecular weight excluding hydrogens is 234 g/mol. The van der Waals surface area contributed by atoms with Crippen LogP contribution in [-0.2, 0) is 0 Å². The highest BCUT2D eigenvalue weighted by Gasteiger charge is 2.34. The molecule has 1 unspecified atom stereocenters. The number of amides is 1. The normalized spacial score (nSPS) is 18.6. The first-order chi connectivity index (χ1) is 8.65. The van der Waals surface area contributed by atoms with Crippen LogP contribution in [0.1, 0.15) is 29.6 Å². The molecule has 18 heavy (non-hydrogen) atoms. The van der Waals surface area contributed by atoms with E-state index in [9.17, 15) is 14.7 Å². The molecule has 0 spiro atoms. The van der Waals surface area contributed by atoms with Crippen LogP contribution in [0.5, 0.6) is 0 Å². The molecule has 96 valence electrons. The number of benzene rings is 1. The molecule has 0 bridgehead atoms. The Morgan fingerprint density at radius 1 is 1.39 bits per heavy atom. The van der Waals surface area contributed by atoms with Gasteiger partial charge in [-0.1, -0.05) is 12.1 Å². The van der Waals surface area contributed by atoms with Crippen LogP contribution in [0.25, 0.3) is 0 Å². The average molecular weight is 249 g/mol. The molecule has 0 aliphatic carbocycles. The lowest BCUT2D eigenvalue weighted by molar-refractivity contribution is 0.0962. The molecule has 0 aromatic heterocycles. The van der Waals surface area contributed by atoms with Gasteiger partial charge in [0.15, 0.2) is 5.78 Å². The fraction of sp³-hybridized carbons (Fsp3) is 0.385. The lowest BCUT2D eigenvalue weighted by Crippen LogP contribution is -2.44. The van der Waals surface area contributed by atoms with Crippen molar-refractivity contribution in [3.05, 3.63) is 29.8 Å². The van der Waals surface area contributed by atoms with Crippen LogP contribution in [0, 0.1) is 0 Å². The molecule has 1 amide bonds. The predicted molar refractivity (Wildman–Crippen MR) is 66.0 cm³/mol. The van der Waals surface area contributed by atoms with E-state index >= 15 is 0 Å². The van der Waals surface area contributed by atoms with Gasteiger partial charge in [0.2, 0.25) is 0 Å². The second kappa shape index (κ2) is 5.18. The summed E-state index contributed by atoms with van der Waals surface area (Å²) in [4.78, 5) is 24.5. The Bertz CT molecular complexity index is 472.